The van der Waals surface area contributed by atoms with Crippen LogP contribution in [0.5, 0.6) is 0 Å². The Morgan fingerprint density at radius 2 is 1.83 bits per heavy atom. The maximum absolute atomic E-state index is 15.0. The molecule has 6 heterocycles. The molecule has 2 N–H and O–H groups in total. The summed E-state index contributed by atoms with van der Waals surface area (Å²) in [4.78, 5) is 36.7. The first-order chi connectivity index (χ1) is 25.0. The number of aryl methyl sites for hydroxylation is 1. The van der Waals surface area contributed by atoms with Crippen molar-refractivity contribution in [3.63, 3.8) is 0 Å². The number of pyridine rings is 1. The van der Waals surface area contributed by atoms with E-state index in [9.17, 15) is 18.7 Å². The number of nitrogens with one attached hydrogen (secondary N) is 1. The number of rotatable bonds is 4. The third kappa shape index (κ3) is 5.77. The number of hydrogen-bond donors (Lipinski definition) is 2. The third-order valence-corrected chi connectivity index (χ3v) is 9.74. The highest BCUT2D eigenvalue weighted by atomic mass is 19.1. The van der Waals surface area contributed by atoms with Gasteiger partial charge in [-0.3, -0.25) is 4.79 Å². The Morgan fingerprint density at radius 1 is 1.00 bits per heavy atom. The fourth-order valence-electron chi connectivity index (χ4n) is 7.26. The lowest BCUT2D eigenvalue weighted by molar-refractivity contribution is -0.132. The maximum atomic E-state index is 15.0. The van der Waals surface area contributed by atoms with Crippen LogP contribution < -0.4 is 10.2 Å². The highest BCUT2D eigenvalue weighted by Gasteiger charge is 2.41. The Labute approximate surface area is 295 Å². The summed E-state index contributed by atoms with van der Waals surface area (Å²) in [7, 11) is 3.29. The molecule has 4 atom stereocenters. The van der Waals surface area contributed by atoms with Crippen LogP contribution in [0.4, 0.5) is 24.8 Å². The van der Waals surface area contributed by atoms with E-state index in [2.05, 4.69) is 20.4 Å². The molecule has 0 spiro atoms. The molecule has 1 saturated heterocycles. The van der Waals surface area contributed by atoms with Gasteiger partial charge in [0.2, 0.25) is 5.91 Å². The molecule has 0 aliphatic carbocycles. The molecule has 1 fully saturated rings. The molecule has 2 aliphatic heterocycles. The van der Waals surface area contributed by atoms with E-state index in [4.69, 9.17) is 14.7 Å². The molecule has 13 nitrogen and oxygen atoms in total. The van der Waals surface area contributed by atoms with Crippen molar-refractivity contribution >= 4 is 39.6 Å². The predicted octanol–water partition coefficient (Wildman–Crippen LogP) is 4.55. The Hall–Kier alpha value is -5.61. The minimum Gasteiger partial charge on any atom is -0.385 e. The summed E-state index contributed by atoms with van der Waals surface area (Å²) in [5.74, 6) is -0.715. The van der Waals surface area contributed by atoms with Crippen molar-refractivity contribution < 1.29 is 27.8 Å². The van der Waals surface area contributed by atoms with Gasteiger partial charge in [0.05, 0.1) is 41.0 Å². The average molecular weight is 713 g/mol. The zero-order chi connectivity index (χ0) is 36.4. The molecule has 0 radical (unpaired) electrons. The highest BCUT2D eigenvalue weighted by molar-refractivity contribution is 5.94. The molecule has 1 amide bonds. The van der Waals surface area contributed by atoms with Gasteiger partial charge in [0.25, 0.3) is 0 Å². The van der Waals surface area contributed by atoms with Crippen LogP contribution in [0.15, 0.2) is 54.7 Å². The van der Waals surface area contributed by atoms with Crippen LogP contribution in [0.2, 0.25) is 0 Å². The number of benzene rings is 2. The number of halogens is 3. The highest BCUT2D eigenvalue weighted by Crippen LogP contribution is 2.36. The molecule has 0 saturated carbocycles. The second kappa shape index (κ2) is 12.9. The fraction of sp³-hybridized carbons (Fsp3) is 0.333. The van der Waals surface area contributed by atoms with Crippen LogP contribution in [0.25, 0.3) is 39.0 Å². The van der Waals surface area contributed by atoms with Gasteiger partial charge in [-0.25, -0.2) is 37.8 Å². The Kier molecular flexibility index (Phi) is 8.29. The first-order valence-electron chi connectivity index (χ1n) is 16.8. The van der Waals surface area contributed by atoms with Gasteiger partial charge < -0.3 is 29.5 Å². The lowest BCUT2D eigenvalue weighted by atomic mass is 10.1. The van der Waals surface area contributed by atoms with E-state index < -0.39 is 35.7 Å². The molecule has 4 aromatic heterocycles. The number of hydrogen-bond acceptors (Lipinski definition) is 10. The third-order valence-electron chi connectivity index (χ3n) is 9.74. The van der Waals surface area contributed by atoms with Crippen molar-refractivity contribution in [2.24, 2.45) is 0 Å². The Morgan fingerprint density at radius 3 is 2.60 bits per heavy atom. The van der Waals surface area contributed by atoms with Gasteiger partial charge in [0.15, 0.2) is 17.3 Å². The van der Waals surface area contributed by atoms with Gasteiger partial charge in [-0.05, 0) is 50.6 Å². The number of aliphatic hydroxyl groups excluding tert-OH is 1. The number of fused-ring (bicyclic) bond motifs is 6. The second-order valence-corrected chi connectivity index (χ2v) is 13.3. The van der Waals surface area contributed by atoms with Gasteiger partial charge in [0.1, 0.15) is 46.9 Å². The van der Waals surface area contributed by atoms with E-state index in [0.29, 0.717) is 58.1 Å². The number of imidazole rings is 1. The van der Waals surface area contributed by atoms with Crippen LogP contribution in [-0.2, 0) is 16.1 Å². The number of ether oxygens (including phenoxy) is 1. The molecule has 268 valence electrons. The molecular weight excluding hydrogens is 677 g/mol. The van der Waals surface area contributed by atoms with Crippen LogP contribution in [0, 0.1) is 24.4 Å². The summed E-state index contributed by atoms with van der Waals surface area (Å²) >= 11 is 0. The van der Waals surface area contributed by atoms with Crippen molar-refractivity contribution in [1.29, 1.82) is 0 Å². The average Bonchev–Trinajstić information content (AvgIpc) is 3.81. The van der Waals surface area contributed by atoms with Gasteiger partial charge in [-0.2, -0.15) is 5.10 Å². The monoisotopic (exact) mass is 712 g/mol. The van der Waals surface area contributed by atoms with Crippen LogP contribution in [-0.4, -0.2) is 95.6 Å². The van der Waals surface area contributed by atoms with Gasteiger partial charge in [0, 0.05) is 51.0 Å². The molecule has 8 rings (SSSR count). The SMILES string of the molecule is CO[C@H]1CN(C)C(=O)[C@@H]2C[C@@H](CN2c2nc([C@@H](C)O)nc3c2cnn3-c2ccc(F)cc2F)Nc2cccc(n2)-c2cc(F)cc3nc(C)n(c23)C1. The quantitative estimate of drug-likeness (QED) is 0.268. The number of amides is 1. The summed E-state index contributed by atoms with van der Waals surface area (Å²) in [6, 6.07) is 10.4. The van der Waals surface area contributed by atoms with E-state index in [1.807, 2.05) is 34.6 Å². The van der Waals surface area contributed by atoms with Crippen molar-refractivity contribution in [2.45, 2.75) is 51.1 Å². The van der Waals surface area contributed by atoms with Gasteiger partial charge >= 0.3 is 0 Å². The molecule has 52 heavy (non-hydrogen) atoms. The first-order valence-corrected chi connectivity index (χ1v) is 16.8. The molecular formula is C36H35F3N10O3. The predicted molar refractivity (Wildman–Crippen MR) is 186 cm³/mol. The van der Waals surface area contributed by atoms with Crippen LogP contribution in [0.1, 0.15) is 31.1 Å². The zero-order valence-electron chi connectivity index (χ0n) is 28.8. The first kappa shape index (κ1) is 33.5. The summed E-state index contributed by atoms with van der Waals surface area (Å²) in [5, 5.41) is 18.9. The molecule has 16 heteroatoms. The van der Waals surface area contributed by atoms with Crippen LogP contribution >= 0.6 is 0 Å². The Bertz CT molecular complexity index is 2360. The molecule has 4 bridgehead atoms. The molecule has 6 aromatic rings. The van der Waals surface area contributed by atoms with Crippen molar-refractivity contribution in [1.82, 2.24) is 39.2 Å². The Balaban J connectivity index is 1.26. The minimum atomic E-state index is -1.12. The number of carbonyl (C=O) groups excluding carboxylic acids is 1. The molecule has 2 aromatic carbocycles. The molecule has 0 unspecified atom stereocenters. The van der Waals surface area contributed by atoms with E-state index in [1.54, 1.807) is 19.1 Å². The standard InChI is InChI=1S/C36H35F3N10O3/c1-18(50)33-44-34(25-14-40-49(35(25)45-33)29-9-8-20(37)11-26(29)39)48-15-22-13-30(48)36(51)46(3)16-23(52-4)17-47-19(2)41-28-12-21(38)10-24(32(28)47)27-6-5-7-31(42-22)43-27/h5-12,14,18,22-23,30,50H,13,15-17H2,1-4H3,(H,42,43)/t18-,22+,23+,30+/m1/s1. The number of aromatic nitrogens is 7. The smallest absolute Gasteiger partial charge is 0.245 e. The summed E-state index contributed by atoms with van der Waals surface area (Å²) in [6.07, 6.45) is 0.223. The number of anilines is 2. The van der Waals surface area contributed by atoms with Gasteiger partial charge in [-0.1, -0.05) is 6.07 Å². The minimum absolute atomic E-state index is 0.0339. The maximum Gasteiger partial charge on any atom is 0.245 e. The summed E-state index contributed by atoms with van der Waals surface area (Å²) in [6.45, 7) is 4.17. The second-order valence-electron chi connectivity index (χ2n) is 13.3. The topological polar surface area (TPSA) is 139 Å². The lowest BCUT2D eigenvalue weighted by Gasteiger charge is -2.31. The van der Waals surface area contributed by atoms with E-state index in [1.165, 1.54) is 36.0 Å². The van der Waals surface area contributed by atoms with Crippen molar-refractivity contribution in [2.75, 3.05) is 37.5 Å². The van der Waals surface area contributed by atoms with Crippen molar-refractivity contribution in [3.8, 4) is 16.9 Å². The number of nitrogens with zero attached hydrogens (tertiary/aromatic N) is 9. The van der Waals surface area contributed by atoms with Crippen LogP contribution in [0.3, 0.4) is 0 Å². The number of methoxy groups -OCH3 is 1. The summed E-state index contributed by atoms with van der Waals surface area (Å²) < 4.78 is 52.9. The normalized spacial score (nSPS) is 19.9. The van der Waals surface area contributed by atoms with Gasteiger partial charge in [-0.15, -0.1) is 0 Å². The van der Waals surface area contributed by atoms with E-state index in [-0.39, 0.29) is 42.2 Å². The van der Waals surface area contributed by atoms with Crippen molar-refractivity contribution in [3.05, 3.63) is 83.8 Å². The van der Waals surface area contributed by atoms with E-state index in [0.717, 1.165) is 12.1 Å². The zero-order valence-corrected chi connectivity index (χ0v) is 28.8. The number of carbonyl (C=O) groups is 1. The lowest BCUT2D eigenvalue weighted by Crippen LogP contribution is -2.47. The number of likely N-dealkylation sites (N-methyl/N-ethyl adjacent to an activating group) is 1. The largest absolute Gasteiger partial charge is 0.385 e. The fourth-order valence-corrected chi connectivity index (χ4v) is 7.26. The summed E-state index contributed by atoms with van der Waals surface area (Å²) in [5.41, 5.74) is 2.44. The molecule has 2 aliphatic rings. The van der Waals surface area contributed by atoms with E-state index >= 15 is 4.39 Å². The number of aliphatic hydroxyl groups is 1.